The summed E-state index contributed by atoms with van der Waals surface area (Å²) in [6, 6.07) is 4.30. The quantitative estimate of drug-likeness (QED) is 0.378. The summed E-state index contributed by atoms with van der Waals surface area (Å²) in [6.45, 7) is 12.4. The van der Waals surface area contributed by atoms with E-state index in [4.69, 9.17) is 4.74 Å². The molecule has 2 N–H and O–H groups in total. The molecule has 0 radical (unpaired) electrons. The van der Waals surface area contributed by atoms with Crippen LogP contribution in [0.2, 0.25) is 0 Å². The standard InChI is InChI=1S/C19H31N5O2.HI/c1-6-20-17(21-10-9-15-8-7-14(2)22-11-15)23-16-12-24(13-16)18(25)26-19(3,4)5;/h7-8,11,16H,6,9-10,12-13H2,1-5H3,(H2,20,21,23);1H. The van der Waals surface area contributed by atoms with Crippen LogP contribution in [0.5, 0.6) is 0 Å². The molecule has 0 bridgehead atoms. The molecule has 0 saturated carbocycles. The van der Waals surface area contributed by atoms with E-state index in [0.29, 0.717) is 19.6 Å². The van der Waals surface area contributed by atoms with Crippen molar-refractivity contribution in [1.82, 2.24) is 20.5 Å². The van der Waals surface area contributed by atoms with E-state index in [2.05, 4.69) is 26.7 Å². The van der Waals surface area contributed by atoms with Crippen molar-refractivity contribution in [2.75, 3.05) is 26.2 Å². The molecule has 1 aliphatic rings. The molecule has 2 heterocycles. The minimum Gasteiger partial charge on any atom is -0.444 e. The van der Waals surface area contributed by atoms with Crippen LogP contribution in [0.15, 0.2) is 23.3 Å². The number of carbonyl (C=O) groups excluding carboxylic acids is 1. The van der Waals surface area contributed by atoms with Crippen molar-refractivity contribution in [1.29, 1.82) is 0 Å². The lowest BCUT2D eigenvalue weighted by atomic mass is 10.1. The molecule has 0 atom stereocenters. The second-order valence-corrected chi connectivity index (χ2v) is 7.55. The van der Waals surface area contributed by atoms with E-state index in [1.165, 1.54) is 5.56 Å². The summed E-state index contributed by atoms with van der Waals surface area (Å²) in [5.41, 5.74) is 1.73. The van der Waals surface area contributed by atoms with E-state index in [1.54, 1.807) is 4.90 Å². The first-order valence-electron chi connectivity index (χ1n) is 9.21. The summed E-state index contributed by atoms with van der Waals surface area (Å²) in [7, 11) is 0. The Morgan fingerprint density at radius 1 is 1.37 bits per heavy atom. The summed E-state index contributed by atoms with van der Waals surface area (Å²) in [6.07, 6.45) is 2.48. The summed E-state index contributed by atoms with van der Waals surface area (Å²) in [5, 5.41) is 6.62. The van der Waals surface area contributed by atoms with Crippen LogP contribution < -0.4 is 10.6 Å². The van der Waals surface area contributed by atoms with Gasteiger partial charge < -0.3 is 20.3 Å². The van der Waals surface area contributed by atoms with Crippen LogP contribution in [0.25, 0.3) is 0 Å². The molecule has 2 rings (SSSR count). The monoisotopic (exact) mass is 489 g/mol. The van der Waals surface area contributed by atoms with Crippen LogP contribution in [0.4, 0.5) is 4.79 Å². The molecule has 27 heavy (non-hydrogen) atoms. The summed E-state index contributed by atoms with van der Waals surface area (Å²) in [4.78, 5) is 22.6. The van der Waals surface area contributed by atoms with Crippen LogP contribution >= 0.6 is 24.0 Å². The number of rotatable bonds is 5. The Morgan fingerprint density at radius 2 is 2.07 bits per heavy atom. The highest BCUT2D eigenvalue weighted by Crippen LogP contribution is 2.15. The molecule has 1 saturated heterocycles. The highest BCUT2D eigenvalue weighted by atomic mass is 127. The van der Waals surface area contributed by atoms with Gasteiger partial charge in [-0.2, -0.15) is 0 Å². The number of carbonyl (C=O) groups is 1. The number of hydrogen-bond donors (Lipinski definition) is 2. The van der Waals surface area contributed by atoms with E-state index >= 15 is 0 Å². The van der Waals surface area contributed by atoms with Crippen LogP contribution in [0.3, 0.4) is 0 Å². The van der Waals surface area contributed by atoms with Crippen molar-refractivity contribution in [3.05, 3.63) is 29.6 Å². The van der Waals surface area contributed by atoms with Crippen LogP contribution in [0.1, 0.15) is 39.0 Å². The lowest BCUT2D eigenvalue weighted by molar-refractivity contribution is 0.00701. The zero-order valence-corrected chi connectivity index (χ0v) is 19.2. The SMILES string of the molecule is CCNC(=NCCc1ccc(C)nc1)NC1CN(C(=O)OC(C)(C)C)C1.I. The first-order valence-corrected chi connectivity index (χ1v) is 9.21. The third-order valence-corrected chi connectivity index (χ3v) is 3.86. The van der Waals surface area contributed by atoms with E-state index in [9.17, 15) is 4.79 Å². The van der Waals surface area contributed by atoms with Crippen LogP contribution in [-0.2, 0) is 11.2 Å². The Morgan fingerprint density at radius 3 is 2.63 bits per heavy atom. The van der Waals surface area contributed by atoms with E-state index < -0.39 is 5.60 Å². The predicted molar refractivity (Wildman–Crippen MR) is 119 cm³/mol. The normalized spacial score (nSPS) is 14.9. The molecule has 1 amide bonds. The third-order valence-electron chi connectivity index (χ3n) is 3.86. The minimum absolute atomic E-state index is 0. The fourth-order valence-corrected chi connectivity index (χ4v) is 2.50. The van der Waals surface area contributed by atoms with Gasteiger partial charge in [0.25, 0.3) is 0 Å². The number of aliphatic imine (C=N–C) groups is 1. The van der Waals surface area contributed by atoms with Crippen molar-refractivity contribution < 1.29 is 9.53 Å². The molecule has 1 aliphatic heterocycles. The Kier molecular flexibility index (Phi) is 9.28. The largest absolute Gasteiger partial charge is 0.444 e. The van der Waals surface area contributed by atoms with Crippen molar-refractivity contribution in [2.45, 2.75) is 52.7 Å². The number of nitrogens with zero attached hydrogens (tertiary/aromatic N) is 3. The molecule has 0 spiro atoms. The van der Waals surface area contributed by atoms with E-state index in [-0.39, 0.29) is 36.1 Å². The van der Waals surface area contributed by atoms with Crippen molar-refractivity contribution in [3.8, 4) is 0 Å². The molecule has 8 heteroatoms. The molecule has 0 aromatic carbocycles. The van der Waals surface area contributed by atoms with Gasteiger partial charge in [-0.25, -0.2) is 4.79 Å². The van der Waals surface area contributed by atoms with Gasteiger partial charge >= 0.3 is 6.09 Å². The highest BCUT2D eigenvalue weighted by molar-refractivity contribution is 14.0. The van der Waals surface area contributed by atoms with Crippen LogP contribution in [-0.4, -0.2) is 59.8 Å². The van der Waals surface area contributed by atoms with Crippen molar-refractivity contribution in [2.24, 2.45) is 4.99 Å². The van der Waals surface area contributed by atoms with Crippen molar-refractivity contribution >= 4 is 36.0 Å². The molecule has 1 aromatic heterocycles. The fourth-order valence-electron chi connectivity index (χ4n) is 2.50. The average molecular weight is 489 g/mol. The van der Waals surface area contributed by atoms with Gasteiger partial charge in [-0.05, 0) is 52.7 Å². The number of likely N-dealkylation sites (tertiary alicyclic amines) is 1. The third kappa shape index (κ3) is 8.32. The molecule has 152 valence electrons. The maximum atomic E-state index is 12.0. The second kappa shape index (κ2) is 10.7. The number of halogens is 1. The van der Waals surface area contributed by atoms with Gasteiger partial charge in [-0.1, -0.05) is 6.07 Å². The highest BCUT2D eigenvalue weighted by Gasteiger charge is 2.34. The first-order chi connectivity index (χ1) is 12.3. The molecule has 7 nitrogen and oxygen atoms in total. The number of aryl methyl sites for hydroxylation is 1. The molecular weight excluding hydrogens is 457 g/mol. The zero-order valence-electron chi connectivity index (χ0n) is 16.9. The number of ether oxygens (including phenoxy) is 1. The molecular formula is C19H32IN5O2. The lowest BCUT2D eigenvalue weighted by Gasteiger charge is -2.40. The number of pyridine rings is 1. The van der Waals surface area contributed by atoms with Gasteiger partial charge in [0.1, 0.15) is 5.60 Å². The summed E-state index contributed by atoms with van der Waals surface area (Å²) >= 11 is 0. The Balaban J connectivity index is 0.00000364. The summed E-state index contributed by atoms with van der Waals surface area (Å²) in [5.74, 6) is 0.779. The maximum Gasteiger partial charge on any atom is 0.410 e. The predicted octanol–water partition coefficient (Wildman–Crippen LogP) is 2.72. The minimum atomic E-state index is -0.461. The maximum absolute atomic E-state index is 12.0. The Labute approximate surface area is 179 Å². The van der Waals surface area contributed by atoms with Crippen LogP contribution in [0, 0.1) is 6.92 Å². The van der Waals surface area contributed by atoms with Gasteiger partial charge in [-0.3, -0.25) is 9.98 Å². The van der Waals surface area contributed by atoms with E-state index in [1.807, 2.05) is 46.9 Å². The Hall–Kier alpha value is -1.58. The van der Waals surface area contributed by atoms with Gasteiger partial charge in [0.2, 0.25) is 0 Å². The van der Waals surface area contributed by atoms with Gasteiger partial charge in [0, 0.05) is 38.1 Å². The average Bonchev–Trinajstić information content (AvgIpc) is 2.50. The number of amides is 1. The first kappa shape index (κ1) is 23.5. The second-order valence-electron chi connectivity index (χ2n) is 7.55. The molecule has 0 aliphatic carbocycles. The fraction of sp³-hybridized carbons (Fsp3) is 0.632. The smallest absolute Gasteiger partial charge is 0.410 e. The molecule has 0 unspecified atom stereocenters. The molecule has 1 aromatic rings. The summed E-state index contributed by atoms with van der Waals surface area (Å²) < 4.78 is 5.37. The van der Waals surface area contributed by atoms with Gasteiger partial charge in [-0.15, -0.1) is 24.0 Å². The van der Waals surface area contributed by atoms with Crippen molar-refractivity contribution in [3.63, 3.8) is 0 Å². The lowest BCUT2D eigenvalue weighted by Crippen LogP contribution is -2.63. The van der Waals surface area contributed by atoms with Gasteiger partial charge in [0.15, 0.2) is 5.96 Å². The zero-order chi connectivity index (χ0) is 19.2. The topological polar surface area (TPSA) is 78.9 Å². The Bertz CT molecular complexity index is 622. The number of nitrogens with one attached hydrogen (secondary N) is 2. The molecule has 1 fully saturated rings. The number of hydrogen-bond acceptors (Lipinski definition) is 4. The number of guanidine groups is 1. The van der Waals surface area contributed by atoms with Gasteiger partial charge in [0.05, 0.1) is 6.04 Å². The van der Waals surface area contributed by atoms with E-state index in [0.717, 1.165) is 24.6 Å². The number of aromatic nitrogens is 1.